The van der Waals surface area contributed by atoms with Crippen LogP contribution in [0, 0.1) is 0 Å². The van der Waals surface area contributed by atoms with Crippen molar-refractivity contribution in [1.29, 1.82) is 0 Å². The van der Waals surface area contributed by atoms with Crippen molar-refractivity contribution in [1.82, 2.24) is 4.57 Å². The molecule has 0 saturated heterocycles. The molecule has 1 aliphatic rings. The van der Waals surface area contributed by atoms with Gasteiger partial charge in [-0.05, 0) is 94.9 Å². The van der Waals surface area contributed by atoms with Gasteiger partial charge in [0.15, 0.2) is 0 Å². The van der Waals surface area contributed by atoms with E-state index in [-0.39, 0.29) is 0 Å². The molecule has 0 fully saturated rings. The van der Waals surface area contributed by atoms with Gasteiger partial charge in [-0.25, -0.2) is 0 Å². The zero-order valence-corrected chi connectivity index (χ0v) is 30.0. The molecule has 0 bridgehead atoms. The molecule has 0 N–H and O–H groups in total. The van der Waals surface area contributed by atoms with Crippen molar-refractivity contribution in [2.24, 2.45) is 0 Å². The number of hydrogen-bond donors (Lipinski definition) is 0. The molecule has 0 radical (unpaired) electrons. The van der Waals surface area contributed by atoms with E-state index in [1.807, 2.05) is 11.3 Å². The van der Waals surface area contributed by atoms with Gasteiger partial charge < -0.3 is 9.47 Å². The SMILES string of the molecule is C1=CC(c2ccccc2)CC=C1N(c1ccc(-c2ccccc2)cc1)c1cccc(-c2ccc3c(c2)c2c4ccccc4sc2n3-c2ccccc2)c1. The number of para-hydroxylation sites is 1. The largest absolute Gasteiger partial charge is 0.311 e. The molecule has 0 spiro atoms. The first-order valence-electron chi connectivity index (χ1n) is 18.3. The predicted molar refractivity (Wildman–Crippen MR) is 227 cm³/mol. The van der Waals surface area contributed by atoms with Crippen LogP contribution < -0.4 is 4.90 Å². The molecule has 0 amide bonds. The quantitative estimate of drug-likeness (QED) is 0.161. The van der Waals surface area contributed by atoms with Crippen LogP contribution in [0.5, 0.6) is 0 Å². The van der Waals surface area contributed by atoms with Crippen molar-refractivity contribution in [3.63, 3.8) is 0 Å². The standard InChI is InChI=1S/C50H36N2S/c1-4-13-35(14-5-1)37-23-28-42(29-24-37)51(43-30-25-38(26-31-43)36-15-6-2-7-16-36)44-20-12-17-39(33-44)40-27-32-47-46(34-40)49-45-21-10-11-22-48(45)53-50(49)52(47)41-18-8-3-9-19-41/h1-25,27-34,38H,26H2. The van der Waals surface area contributed by atoms with Crippen LogP contribution in [0.1, 0.15) is 17.9 Å². The Hall–Kier alpha value is -6.42. The normalized spacial score (nSPS) is 14.2. The number of fused-ring (bicyclic) bond motifs is 5. The molecule has 3 heteroatoms. The van der Waals surface area contributed by atoms with E-state index < -0.39 is 0 Å². The Morgan fingerprint density at radius 3 is 1.96 bits per heavy atom. The highest BCUT2D eigenvalue weighted by atomic mass is 32.1. The van der Waals surface area contributed by atoms with E-state index in [2.05, 4.69) is 210 Å². The molecule has 9 aromatic rings. The van der Waals surface area contributed by atoms with E-state index in [9.17, 15) is 0 Å². The minimum absolute atomic E-state index is 0.369. The number of hydrogen-bond acceptors (Lipinski definition) is 2. The van der Waals surface area contributed by atoms with Gasteiger partial charge in [0.25, 0.3) is 0 Å². The minimum Gasteiger partial charge on any atom is -0.311 e. The number of rotatable bonds is 7. The summed E-state index contributed by atoms with van der Waals surface area (Å²) in [6.07, 6.45) is 8.01. The van der Waals surface area contributed by atoms with Crippen LogP contribution >= 0.6 is 11.3 Å². The van der Waals surface area contributed by atoms with Gasteiger partial charge in [0.05, 0.1) is 5.52 Å². The van der Waals surface area contributed by atoms with Crippen molar-refractivity contribution in [3.05, 3.63) is 211 Å². The van der Waals surface area contributed by atoms with Crippen LogP contribution in [-0.2, 0) is 0 Å². The fraction of sp³-hybridized carbons (Fsp3) is 0.0400. The number of allylic oxidation sites excluding steroid dienone is 3. The third kappa shape index (κ3) is 5.67. The maximum atomic E-state index is 2.43. The van der Waals surface area contributed by atoms with E-state index >= 15 is 0 Å². The second-order valence-corrected chi connectivity index (χ2v) is 14.8. The molecule has 7 aromatic carbocycles. The van der Waals surface area contributed by atoms with Gasteiger partial charge in [0.1, 0.15) is 4.83 Å². The summed E-state index contributed by atoms with van der Waals surface area (Å²) in [7, 11) is 0. The highest BCUT2D eigenvalue weighted by Crippen LogP contribution is 2.44. The molecule has 1 aliphatic carbocycles. The number of thiophene rings is 1. The highest BCUT2D eigenvalue weighted by Gasteiger charge is 2.21. The molecule has 1 atom stereocenters. The smallest absolute Gasteiger partial charge is 0.109 e. The van der Waals surface area contributed by atoms with Gasteiger partial charge in [-0.2, -0.15) is 0 Å². The first-order chi connectivity index (χ1) is 26.3. The Balaban J connectivity index is 1.08. The Morgan fingerprint density at radius 2 is 1.19 bits per heavy atom. The van der Waals surface area contributed by atoms with Crippen molar-refractivity contribution < 1.29 is 0 Å². The lowest BCUT2D eigenvalue weighted by molar-refractivity contribution is 0.840. The molecule has 2 aromatic heterocycles. The number of aromatic nitrogens is 1. The van der Waals surface area contributed by atoms with E-state index in [1.165, 1.54) is 70.4 Å². The summed E-state index contributed by atoms with van der Waals surface area (Å²) in [5.74, 6) is 0.369. The highest BCUT2D eigenvalue weighted by molar-refractivity contribution is 7.25. The maximum absolute atomic E-state index is 2.43. The Morgan fingerprint density at radius 1 is 0.528 bits per heavy atom. The van der Waals surface area contributed by atoms with Gasteiger partial charge in [0.2, 0.25) is 0 Å². The molecule has 53 heavy (non-hydrogen) atoms. The lowest BCUT2D eigenvalue weighted by Crippen LogP contribution is -2.17. The Labute approximate surface area is 313 Å². The monoisotopic (exact) mass is 696 g/mol. The van der Waals surface area contributed by atoms with Gasteiger partial charge in [-0.3, -0.25) is 0 Å². The van der Waals surface area contributed by atoms with E-state index in [1.54, 1.807) is 0 Å². The van der Waals surface area contributed by atoms with E-state index in [4.69, 9.17) is 0 Å². The molecule has 1 unspecified atom stereocenters. The number of anilines is 2. The lowest BCUT2D eigenvalue weighted by Gasteiger charge is -2.29. The predicted octanol–water partition coefficient (Wildman–Crippen LogP) is 14.1. The third-order valence-electron chi connectivity index (χ3n) is 10.5. The zero-order chi connectivity index (χ0) is 35.1. The topological polar surface area (TPSA) is 8.17 Å². The fourth-order valence-corrected chi connectivity index (χ4v) is 9.18. The van der Waals surface area contributed by atoms with Crippen LogP contribution in [-0.4, -0.2) is 4.57 Å². The maximum Gasteiger partial charge on any atom is 0.109 e. The van der Waals surface area contributed by atoms with Gasteiger partial charge in [-0.15, -0.1) is 11.3 Å². The van der Waals surface area contributed by atoms with Gasteiger partial charge in [0, 0.05) is 49.5 Å². The average molecular weight is 697 g/mol. The first kappa shape index (κ1) is 31.3. The summed E-state index contributed by atoms with van der Waals surface area (Å²) in [4.78, 5) is 3.69. The van der Waals surface area contributed by atoms with Crippen molar-refractivity contribution in [2.45, 2.75) is 12.3 Å². The Kier molecular flexibility index (Phi) is 7.85. The minimum atomic E-state index is 0.369. The van der Waals surface area contributed by atoms with Crippen LogP contribution in [0.25, 0.3) is 59.1 Å². The van der Waals surface area contributed by atoms with Crippen molar-refractivity contribution in [2.75, 3.05) is 4.90 Å². The van der Waals surface area contributed by atoms with Crippen LogP contribution in [0.15, 0.2) is 206 Å². The Bertz CT molecular complexity index is 2790. The molecular formula is C50H36N2S. The summed E-state index contributed by atoms with van der Waals surface area (Å²) < 4.78 is 3.75. The molecule has 10 rings (SSSR count). The summed E-state index contributed by atoms with van der Waals surface area (Å²) in [5.41, 5.74) is 12.1. The molecule has 252 valence electrons. The third-order valence-corrected chi connectivity index (χ3v) is 11.7. The number of benzene rings is 7. The van der Waals surface area contributed by atoms with Crippen LogP contribution in [0.2, 0.25) is 0 Å². The second kappa shape index (κ2) is 13.3. The summed E-state index contributed by atoms with van der Waals surface area (Å²) in [6.45, 7) is 0. The first-order valence-corrected chi connectivity index (χ1v) is 19.1. The van der Waals surface area contributed by atoms with Crippen LogP contribution in [0.3, 0.4) is 0 Å². The summed E-state index contributed by atoms with van der Waals surface area (Å²) >= 11 is 1.87. The van der Waals surface area contributed by atoms with Crippen molar-refractivity contribution in [3.8, 4) is 27.9 Å². The molecular weight excluding hydrogens is 661 g/mol. The lowest BCUT2D eigenvalue weighted by atomic mass is 9.91. The molecule has 2 heterocycles. The molecule has 0 aliphatic heterocycles. The molecule has 2 nitrogen and oxygen atoms in total. The van der Waals surface area contributed by atoms with Gasteiger partial charge in [-0.1, -0.05) is 140 Å². The van der Waals surface area contributed by atoms with Crippen molar-refractivity contribution >= 4 is 53.9 Å². The van der Waals surface area contributed by atoms with E-state index in [0.29, 0.717) is 5.92 Å². The fourth-order valence-electron chi connectivity index (χ4n) is 7.93. The number of nitrogens with zero attached hydrogens (tertiary/aromatic N) is 2. The second-order valence-electron chi connectivity index (χ2n) is 13.7. The summed E-state index contributed by atoms with van der Waals surface area (Å²) in [5, 5.41) is 3.92. The van der Waals surface area contributed by atoms with Crippen LogP contribution in [0.4, 0.5) is 11.4 Å². The summed E-state index contributed by atoms with van der Waals surface area (Å²) in [6, 6.07) is 66.0. The van der Waals surface area contributed by atoms with Gasteiger partial charge >= 0.3 is 0 Å². The average Bonchev–Trinajstić information content (AvgIpc) is 3.77. The molecule has 0 saturated carbocycles. The zero-order valence-electron chi connectivity index (χ0n) is 29.1. The van der Waals surface area contributed by atoms with E-state index in [0.717, 1.165) is 17.8 Å².